The van der Waals surface area contributed by atoms with Crippen LogP contribution in [0.5, 0.6) is 5.75 Å². The summed E-state index contributed by atoms with van der Waals surface area (Å²) in [6.07, 6.45) is 0.781. The van der Waals surface area contributed by atoms with Gasteiger partial charge >= 0.3 is 0 Å². The van der Waals surface area contributed by atoms with Crippen LogP contribution in [-0.2, 0) is 6.42 Å². The van der Waals surface area contributed by atoms with E-state index in [4.69, 9.17) is 10.5 Å². The predicted molar refractivity (Wildman–Crippen MR) is 79.6 cm³/mol. The molecule has 2 aromatic rings. The minimum Gasteiger partial charge on any atom is -0.496 e. The first-order chi connectivity index (χ1) is 9.65. The second-order valence-electron chi connectivity index (χ2n) is 4.95. The molecule has 3 heteroatoms. The average molecular weight is 273 g/mol. The summed E-state index contributed by atoms with van der Waals surface area (Å²) in [5.74, 6) is 0.473. The Kier molecular flexibility index (Phi) is 4.74. The van der Waals surface area contributed by atoms with Gasteiger partial charge in [-0.25, -0.2) is 4.39 Å². The van der Waals surface area contributed by atoms with Crippen LogP contribution in [0.15, 0.2) is 42.5 Å². The van der Waals surface area contributed by atoms with E-state index in [2.05, 4.69) is 19.1 Å². The zero-order chi connectivity index (χ0) is 14.5. The third kappa shape index (κ3) is 3.17. The molecule has 2 N–H and O–H groups in total. The van der Waals surface area contributed by atoms with Gasteiger partial charge < -0.3 is 10.5 Å². The van der Waals surface area contributed by atoms with Crippen LogP contribution in [0.3, 0.4) is 0 Å². The molecule has 0 aliphatic rings. The Morgan fingerprint density at radius 1 is 1.20 bits per heavy atom. The summed E-state index contributed by atoms with van der Waals surface area (Å²) in [5.41, 5.74) is 9.18. The van der Waals surface area contributed by atoms with Crippen molar-refractivity contribution >= 4 is 0 Å². The average Bonchev–Trinajstić information content (AvgIpc) is 2.46. The van der Waals surface area contributed by atoms with E-state index in [-0.39, 0.29) is 11.7 Å². The van der Waals surface area contributed by atoms with E-state index in [1.165, 1.54) is 23.3 Å². The number of nitrogens with two attached hydrogens (primary N) is 1. The van der Waals surface area contributed by atoms with Crippen molar-refractivity contribution in [3.05, 3.63) is 65.0 Å². The zero-order valence-corrected chi connectivity index (χ0v) is 11.9. The van der Waals surface area contributed by atoms with Gasteiger partial charge in [0.15, 0.2) is 0 Å². The Balaban J connectivity index is 2.33. The molecular weight excluding hydrogens is 253 g/mol. The van der Waals surface area contributed by atoms with Gasteiger partial charge in [0.25, 0.3) is 0 Å². The molecule has 0 spiro atoms. The van der Waals surface area contributed by atoms with Crippen molar-refractivity contribution in [3.63, 3.8) is 0 Å². The van der Waals surface area contributed by atoms with Crippen LogP contribution in [0.2, 0.25) is 0 Å². The molecule has 0 aliphatic carbocycles. The Labute approximate surface area is 119 Å². The molecule has 0 radical (unpaired) electrons. The minimum atomic E-state index is -0.260. The van der Waals surface area contributed by atoms with Gasteiger partial charge in [0, 0.05) is 11.5 Å². The van der Waals surface area contributed by atoms with Crippen molar-refractivity contribution in [2.24, 2.45) is 5.73 Å². The number of ether oxygens (including phenoxy) is 1. The largest absolute Gasteiger partial charge is 0.496 e. The quantitative estimate of drug-likeness (QED) is 0.906. The van der Waals surface area contributed by atoms with Crippen molar-refractivity contribution < 1.29 is 9.13 Å². The van der Waals surface area contributed by atoms with Gasteiger partial charge in [0.2, 0.25) is 0 Å². The van der Waals surface area contributed by atoms with Crippen molar-refractivity contribution in [1.29, 1.82) is 0 Å². The van der Waals surface area contributed by atoms with E-state index in [0.717, 1.165) is 12.0 Å². The Morgan fingerprint density at radius 3 is 2.60 bits per heavy atom. The number of benzene rings is 2. The SMILES string of the molecule is COc1ccc(F)cc1C(CN)Cc1ccccc1C. The number of hydrogen-bond acceptors (Lipinski definition) is 2. The summed E-state index contributed by atoms with van der Waals surface area (Å²) in [6, 6.07) is 12.8. The Bertz CT molecular complexity index is 583. The highest BCUT2D eigenvalue weighted by Crippen LogP contribution is 2.30. The van der Waals surface area contributed by atoms with Gasteiger partial charge in [0.05, 0.1) is 7.11 Å². The summed E-state index contributed by atoms with van der Waals surface area (Å²) in [7, 11) is 1.60. The maximum atomic E-state index is 13.5. The smallest absolute Gasteiger partial charge is 0.123 e. The molecule has 0 aromatic heterocycles. The second kappa shape index (κ2) is 6.53. The number of hydrogen-bond donors (Lipinski definition) is 1. The molecule has 2 rings (SSSR count). The molecule has 1 unspecified atom stereocenters. The fourth-order valence-electron chi connectivity index (χ4n) is 2.45. The van der Waals surface area contributed by atoms with Crippen molar-refractivity contribution in [3.8, 4) is 5.75 Å². The van der Waals surface area contributed by atoms with Crippen LogP contribution in [0, 0.1) is 12.7 Å². The molecule has 0 aliphatic heterocycles. The van der Waals surface area contributed by atoms with E-state index < -0.39 is 0 Å². The summed E-state index contributed by atoms with van der Waals surface area (Å²) in [6.45, 7) is 2.53. The summed E-state index contributed by atoms with van der Waals surface area (Å²) in [4.78, 5) is 0. The second-order valence-corrected chi connectivity index (χ2v) is 4.95. The summed E-state index contributed by atoms with van der Waals surface area (Å²) >= 11 is 0. The van der Waals surface area contributed by atoms with E-state index in [0.29, 0.717) is 12.3 Å². The van der Waals surface area contributed by atoms with Crippen LogP contribution in [0.1, 0.15) is 22.6 Å². The van der Waals surface area contributed by atoms with Crippen LogP contribution in [0.4, 0.5) is 4.39 Å². The van der Waals surface area contributed by atoms with Gasteiger partial charge in [-0.2, -0.15) is 0 Å². The molecule has 1 atom stereocenters. The lowest BCUT2D eigenvalue weighted by Gasteiger charge is -2.19. The number of halogens is 1. The fraction of sp³-hybridized carbons (Fsp3) is 0.294. The molecule has 2 nitrogen and oxygen atoms in total. The minimum absolute atomic E-state index is 0.0433. The van der Waals surface area contributed by atoms with Crippen LogP contribution in [-0.4, -0.2) is 13.7 Å². The molecule has 2 aromatic carbocycles. The highest BCUT2D eigenvalue weighted by Gasteiger charge is 2.17. The Morgan fingerprint density at radius 2 is 1.95 bits per heavy atom. The van der Waals surface area contributed by atoms with Gasteiger partial charge in [-0.05, 0) is 49.2 Å². The number of aryl methyl sites for hydroxylation is 1. The normalized spacial score (nSPS) is 12.2. The van der Waals surface area contributed by atoms with E-state index in [9.17, 15) is 4.39 Å². The van der Waals surface area contributed by atoms with Gasteiger partial charge in [-0.3, -0.25) is 0 Å². The van der Waals surface area contributed by atoms with Crippen LogP contribution < -0.4 is 10.5 Å². The van der Waals surface area contributed by atoms with Crippen molar-refractivity contribution in [2.75, 3.05) is 13.7 Å². The van der Waals surface area contributed by atoms with Crippen molar-refractivity contribution in [2.45, 2.75) is 19.3 Å². The molecule has 106 valence electrons. The van der Waals surface area contributed by atoms with Crippen LogP contribution in [0.25, 0.3) is 0 Å². The molecular formula is C17H20FNO. The third-order valence-electron chi connectivity index (χ3n) is 3.64. The first-order valence-electron chi connectivity index (χ1n) is 6.73. The lowest BCUT2D eigenvalue weighted by atomic mass is 9.89. The Hall–Kier alpha value is -1.87. The molecule has 0 saturated heterocycles. The van der Waals surface area contributed by atoms with Gasteiger partial charge in [-0.1, -0.05) is 24.3 Å². The predicted octanol–water partition coefficient (Wildman–Crippen LogP) is 3.43. The molecule has 0 heterocycles. The van der Waals surface area contributed by atoms with E-state index in [1.54, 1.807) is 13.2 Å². The third-order valence-corrected chi connectivity index (χ3v) is 3.64. The lowest BCUT2D eigenvalue weighted by Crippen LogP contribution is -2.16. The van der Waals surface area contributed by atoms with Gasteiger partial charge in [-0.15, -0.1) is 0 Å². The highest BCUT2D eigenvalue weighted by atomic mass is 19.1. The highest BCUT2D eigenvalue weighted by molar-refractivity contribution is 5.39. The molecule has 0 amide bonds. The van der Waals surface area contributed by atoms with Crippen molar-refractivity contribution in [1.82, 2.24) is 0 Å². The molecule has 20 heavy (non-hydrogen) atoms. The number of rotatable bonds is 5. The van der Waals surface area contributed by atoms with E-state index >= 15 is 0 Å². The molecule has 0 bridgehead atoms. The van der Waals surface area contributed by atoms with Crippen LogP contribution >= 0.6 is 0 Å². The lowest BCUT2D eigenvalue weighted by molar-refractivity contribution is 0.403. The first kappa shape index (κ1) is 14.5. The zero-order valence-electron chi connectivity index (χ0n) is 11.9. The monoisotopic (exact) mass is 273 g/mol. The molecule has 0 saturated carbocycles. The van der Waals surface area contributed by atoms with E-state index in [1.807, 2.05) is 12.1 Å². The summed E-state index contributed by atoms with van der Waals surface area (Å²) < 4.78 is 18.8. The first-order valence-corrected chi connectivity index (χ1v) is 6.73. The maximum Gasteiger partial charge on any atom is 0.123 e. The summed E-state index contributed by atoms with van der Waals surface area (Å²) in [5, 5.41) is 0. The standard InChI is InChI=1S/C17H20FNO/c1-12-5-3-4-6-13(12)9-14(11-19)16-10-15(18)7-8-17(16)20-2/h3-8,10,14H,9,11,19H2,1-2H3. The fourth-order valence-corrected chi connectivity index (χ4v) is 2.45. The van der Waals surface area contributed by atoms with Gasteiger partial charge in [0.1, 0.15) is 11.6 Å². The molecule has 0 fully saturated rings. The topological polar surface area (TPSA) is 35.2 Å². The number of methoxy groups -OCH3 is 1. The maximum absolute atomic E-state index is 13.5.